The number of benzene rings is 1. The van der Waals surface area contributed by atoms with Gasteiger partial charge in [0.05, 0.1) is 17.7 Å². The van der Waals surface area contributed by atoms with Crippen LogP contribution in [0.5, 0.6) is 0 Å². The van der Waals surface area contributed by atoms with Crippen LogP contribution in [0, 0.1) is 10.1 Å². The van der Waals surface area contributed by atoms with Crippen molar-refractivity contribution < 1.29 is 9.34 Å². The molecule has 0 aliphatic carbocycles. The molecule has 0 bridgehead atoms. The molecule has 3 N–H and O–H groups in total. The SMILES string of the molecule is CN(Cc1ccc([N+](=O)[O-])c(NN)c1)Cc1ccco1. The second kappa shape index (κ2) is 6.18. The van der Waals surface area contributed by atoms with Crippen LogP contribution in [0.1, 0.15) is 11.3 Å². The van der Waals surface area contributed by atoms with Gasteiger partial charge in [0.1, 0.15) is 11.4 Å². The fourth-order valence-electron chi connectivity index (χ4n) is 1.99. The van der Waals surface area contributed by atoms with Crippen molar-refractivity contribution in [2.75, 3.05) is 12.5 Å². The van der Waals surface area contributed by atoms with Gasteiger partial charge in [-0.15, -0.1) is 0 Å². The minimum atomic E-state index is -0.467. The van der Waals surface area contributed by atoms with E-state index in [4.69, 9.17) is 10.3 Å². The summed E-state index contributed by atoms with van der Waals surface area (Å²) in [6.07, 6.45) is 1.63. The molecule has 0 atom stereocenters. The van der Waals surface area contributed by atoms with Gasteiger partial charge in [0.25, 0.3) is 5.69 Å². The molecule has 0 amide bonds. The fraction of sp³-hybridized carbons (Fsp3) is 0.231. The first-order valence-corrected chi connectivity index (χ1v) is 6.05. The van der Waals surface area contributed by atoms with Crippen LogP contribution >= 0.6 is 0 Å². The Morgan fingerprint density at radius 1 is 1.40 bits per heavy atom. The van der Waals surface area contributed by atoms with Crippen LogP contribution in [0.4, 0.5) is 11.4 Å². The monoisotopic (exact) mass is 276 g/mol. The van der Waals surface area contributed by atoms with E-state index in [1.165, 1.54) is 6.07 Å². The Morgan fingerprint density at radius 3 is 2.80 bits per heavy atom. The molecule has 0 unspecified atom stereocenters. The highest BCUT2D eigenvalue weighted by atomic mass is 16.6. The minimum Gasteiger partial charge on any atom is -0.468 e. The van der Waals surface area contributed by atoms with E-state index in [2.05, 4.69) is 5.43 Å². The molecule has 0 fully saturated rings. The standard InChI is InChI=1S/C13H16N4O3/c1-16(9-11-3-2-6-20-11)8-10-4-5-13(17(18)19)12(7-10)15-14/h2-7,15H,8-9,14H2,1H3. The summed E-state index contributed by atoms with van der Waals surface area (Å²) in [7, 11) is 1.94. The summed E-state index contributed by atoms with van der Waals surface area (Å²) in [5.41, 5.74) is 3.55. The number of nitrogen functional groups attached to an aromatic ring is 1. The molecule has 0 aliphatic heterocycles. The molecular formula is C13H16N4O3. The quantitative estimate of drug-likeness (QED) is 0.476. The largest absolute Gasteiger partial charge is 0.468 e. The van der Waals surface area contributed by atoms with Crippen LogP contribution in [0.3, 0.4) is 0 Å². The van der Waals surface area contributed by atoms with E-state index in [9.17, 15) is 10.1 Å². The van der Waals surface area contributed by atoms with E-state index in [1.54, 1.807) is 18.4 Å². The average Bonchev–Trinajstić information content (AvgIpc) is 2.90. The topological polar surface area (TPSA) is 97.6 Å². The first-order valence-electron chi connectivity index (χ1n) is 6.05. The van der Waals surface area contributed by atoms with Crippen LogP contribution in [-0.4, -0.2) is 16.9 Å². The zero-order chi connectivity index (χ0) is 14.5. The van der Waals surface area contributed by atoms with Crippen molar-refractivity contribution in [3.8, 4) is 0 Å². The lowest BCUT2D eigenvalue weighted by molar-refractivity contribution is -0.384. The summed E-state index contributed by atoms with van der Waals surface area (Å²) in [4.78, 5) is 12.4. The Balaban J connectivity index is 2.07. The molecule has 106 valence electrons. The van der Waals surface area contributed by atoms with Gasteiger partial charge < -0.3 is 9.84 Å². The molecule has 7 nitrogen and oxygen atoms in total. The average molecular weight is 276 g/mol. The predicted molar refractivity (Wildman–Crippen MR) is 74.8 cm³/mol. The Morgan fingerprint density at radius 2 is 2.20 bits per heavy atom. The molecule has 0 spiro atoms. The van der Waals surface area contributed by atoms with Crippen molar-refractivity contribution in [1.82, 2.24) is 4.90 Å². The Labute approximate surface area is 116 Å². The number of nitro benzene ring substituents is 1. The van der Waals surface area contributed by atoms with Crippen molar-refractivity contribution in [2.24, 2.45) is 5.84 Å². The van der Waals surface area contributed by atoms with Gasteiger partial charge >= 0.3 is 0 Å². The van der Waals surface area contributed by atoms with Gasteiger partial charge in [0, 0.05) is 12.6 Å². The highest BCUT2D eigenvalue weighted by molar-refractivity contribution is 5.62. The number of hydrogen-bond acceptors (Lipinski definition) is 6. The van der Waals surface area contributed by atoms with Crippen molar-refractivity contribution in [1.29, 1.82) is 0 Å². The number of rotatable bonds is 6. The van der Waals surface area contributed by atoms with Crippen LogP contribution in [0.15, 0.2) is 41.0 Å². The predicted octanol–water partition coefficient (Wildman–Crippen LogP) is 2.11. The Bertz CT molecular complexity index is 583. The van der Waals surface area contributed by atoms with Crippen molar-refractivity contribution in [3.05, 3.63) is 58.0 Å². The molecule has 2 rings (SSSR count). The molecule has 2 aromatic rings. The Kier molecular flexibility index (Phi) is 4.34. The van der Waals surface area contributed by atoms with Crippen molar-refractivity contribution in [3.63, 3.8) is 0 Å². The first kappa shape index (κ1) is 14.0. The first-order chi connectivity index (χ1) is 9.60. The number of nitrogens with zero attached hydrogens (tertiary/aromatic N) is 2. The molecule has 1 heterocycles. The third-order valence-electron chi connectivity index (χ3n) is 2.87. The molecule has 7 heteroatoms. The molecule has 0 saturated carbocycles. The van der Waals surface area contributed by atoms with Crippen LogP contribution < -0.4 is 11.3 Å². The molecule has 1 aromatic heterocycles. The normalized spacial score (nSPS) is 10.8. The van der Waals surface area contributed by atoms with E-state index in [0.29, 0.717) is 18.8 Å². The van der Waals surface area contributed by atoms with Gasteiger partial charge in [-0.2, -0.15) is 0 Å². The van der Waals surface area contributed by atoms with E-state index in [1.807, 2.05) is 24.1 Å². The van der Waals surface area contributed by atoms with Gasteiger partial charge in [-0.1, -0.05) is 6.07 Å². The highest BCUT2D eigenvalue weighted by Gasteiger charge is 2.14. The number of nitrogens with one attached hydrogen (secondary N) is 1. The number of anilines is 1. The summed E-state index contributed by atoms with van der Waals surface area (Å²) in [6.45, 7) is 1.29. The maximum absolute atomic E-state index is 10.8. The van der Waals surface area contributed by atoms with Gasteiger partial charge in [-0.3, -0.25) is 20.9 Å². The van der Waals surface area contributed by atoms with Crippen molar-refractivity contribution in [2.45, 2.75) is 13.1 Å². The van der Waals surface area contributed by atoms with Crippen LogP contribution in [0.25, 0.3) is 0 Å². The molecule has 0 saturated heterocycles. The lowest BCUT2D eigenvalue weighted by Gasteiger charge is -2.15. The third-order valence-corrected chi connectivity index (χ3v) is 2.87. The van der Waals surface area contributed by atoms with E-state index in [-0.39, 0.29) is 5.69 Å². The van der Waals surface area contributed by atoms with Gasteiger partial charge in [0.15, 0.2) is 0 Å². The summed E-state index contributed by atoms with van der Waals surface area (Å²) < 4.78 is 5.27. The second-order valence-corrected chi connectivity index (χ2v) is 4.50. The van der Waals surface area contributed by atoms with E-state index >= 15 is 0 Å². The van der Waals surface area contributed by atoms with Gasteiger partial charge in [-0.25, -0.2) is 0 Å². The van der Waals surface area contributed by atoms with E-state index < -0.39 is 4.92 Å². The van der Waals surface area contributed by atoms with Gasteiger partial charge in [0.2, 0.25) is 0 Å². The number of nitrogens with two attached hydrogens (primary N) is 1. The third kappa shape index (κ3) is 3.34. The Hall–Kier alpha value is -2.38. The number of nitro groups is 1. The molecule has 20 heavy (non-hydrogen) atoms. The maximum Gasteiger partial charge on any atom is 0.293 e. The van der Waals surface area contributed by atoms with E-state index in [0.717, 1.165) is 11.3 Å². The fourth-order valence-corrected chi connectivity index (χ4v) is 1.99. The molecule has 0 aliphatic rings. The lowest BCUT2D eigenvalue weighted by Crippen LogP contribution is -2.17. The highest BCUT2D eigenvalue weighted by Crippen LogP contribution is 2.25. The zero-order valence-electron chi connectivity index (χ0n) is 11.1. The molecule has 0 radical (unpaired) electrons. The van der Waals surface area contributed by atoms with Crippen molar-refractivity contribution >= 4 is 11.4 Å². The number of hydrogen-bond donors (Lipinski definition) is 2. The van der Waals surface area contributed by atoms with Crippen LogP contribution in [0.2, 0.25) is 0 Å². The van der Waals surface area contributed by atoms with Gasteiger partial charge in [-0.05, 0) is 30.8 Å². The number of furan rings is 1. The lowest BCUT2D eigenvalue weighted by atomic mass is 10.1. The second-order valence-electron chi connectivity index (χ2n) is 4.50. The summed E-state index contributed by atoms with van der Waals surface area (Å²) >= 11 is 0. The smallest absolute Gasteiger partial charge is 0.293 e. The van der Waals surface area contributed by atoms with Crippen LogP contribution in [-0.2, 0) is 13.1 Å². The zero-order valence-corrected chi connectivity index (χ0v) is 11.1. The maximum atomic E-state index is 10.8. The summed E-state index contributed by atoms with van der Waals surface area (Å²) in [5, 5.41) is 10.8. The minimum absolute atomic E-state index is 0.0371. The molecule has 1 aromatic carbocycles. The summed E-state index contributed by atoms with van der Waals surface area (Å²) in [6, 6.07) is 8.59. The summed E-state index contributed by atoms with van der Waals surface area (Å²) in [5.74, 6) is 6.18. The molecular weight excluding hydrogens is 260 g/mol. The number of hydrazine groups is 1.